The van der Waals surface area contributed by atoms with Crippen molar-refractivity contribution in [2.75, 3.05) is 39.5 Å². The summed E-state index contributed by atoms with van der Waals surface area (Å²) in [5.41, 5.74) is 0.237. The van der Waals surface area contributed by atoms with Gasteiger partial charge < -0.3 is 24.6 Å². The van der Waals surface area contributed by atoms with Crippen molar-refractivity contribution in [1.29, 1.82) is 0 Å². The van der Waals surface area contributed by atoms with E-state index in [4.69, 9.17) is 9.47 Å². The Labute approximate surface area is 124 Å². The largest absolute Gasteiger partial charge is 0.508 e. The van der Waals surface area contributed by atoms with Gasteiger partial charge in [-0.25, -0.2) is 0 Å². The van der Waals surface area contributed by atoms with E-state index >= 15 is 0 Å². The van der Waals surface area contributed by atoms with Gasteiger partial charge in [0.1, 0.15) is 11.5 Å². The third kappa shape index (κ3) is 6.01. The molecule has 0 saturated heterocycles. The first-order valence-electron chi connectivity index (χ1n) is 7.06. The van der Waals surface area contributed by atoms with Crippen LogP contribution in [-0.2, 0) is 9.47 Å². The van der Waals surface area contributed by atoms with E-state index in [9.17, 15) is 15.0 Å². The second-order valence-corrected chi connectivity index (χ2v) is 4.42. The molecule has 1 rings (SSSR count). The topological polar surface area (TPSA) is 79.2 Å². The van der Waals surface area contributed by atoms with Gasteiger partial charge in [0.25, 0.3) is 5.91 Å². The lowest BCUT2D eigenvalue weighted by Gasteiger charge is -2.22. The summed E-state index contributed by atoms with van der Waals surface area (Å²) < 4.78 is 10.5. The van der Waals surface area contributed by atoms with Gasteiger partial charge in [-0.05, 0) is 26.0 Å². The van der Waals surface area contributed by atoms with Crippen molar-refractivity contribution in [1.82, 2.24) is 4.90 Å². The third-order valence-corrected chi connectivity index (χ3v) is 2.86. The third-order valence-electron chi connectivity index (χ3n) is 2.86. The molecule has 1 aromatic rings. The Hall–Kier alpha value is -1.79. The molecule has 21 heavy (non-hydrogen) atoms. The summed E-state index contributed by atoms with van der Waals surface area (Å²) in [5, 5.41) is 18.9. The van der Waals surface area contributed by atoms with Crippen molar-refractivity contribution >= 4 is 5.91 Å². The number of rotatable bonds is 9. The van der Waals surface area contributed by atoms with E-state index in [0.29, 0.717) is 39.5 Å². The summed E-state index contributed by atoms with van der Waals surface area (Å²) in [6, 6.07) is 3.84. The fraction of sp³-hybridized carbons (Fsp3) is 0.533. The van der Waals surface area contributed by atoms with Crippen LogP contribution in [0.4, 0.5) is 0 Å². The predicted molar refractivity (Wildman–Crippen MR) is 78.7 cm³/mol. The number of carbonyl (C=O) groups excluding carboxylic acids is 1. The van der Waals surface area contributed by atoms with E-state index in [-0.39, 0.29) is 23.0 Å². The minimum atomic E-state index is -0.277. The molecule has 0 aliphatic carbocycles. The van der Waals surface area contributed by atoms with Crippen LogP contribution in [0.2, 0.25) is 0 Å². The maximum absolute atomic E-state index is 12.4. The zero-order valence-electron chi connectivity index (χ0n) is 12.5. The first kappa shape index (κ1) is 17.3. The molecular formula is C15H23NO5. The van der Waals surface area contributed by atoms with Crippen LogP contribution in [-0.4, -0.2) is 60.5 Å². The van der Waals surface area contributed by atoms with Crippen LogP contribution in [0.1, 0.15) is 24.2 Å². The maximum Gasteiger partial charge on any atom is 0.254 e. The number of hydrogen-bond donors (Lipinski definition) is 2. The summed E-state index contributed by atoms with van der Waals surface area (Å²) in [4.78, 5) is 14.0. The van der Waals surface area contributed by atoms with Crippen molar-refractivity contribution in [2.45, 2.75) is 13.8 Å². The fourth-order valence-corrected chi connectivity index (χ4v) is 1.85. The molecule has 0 aliphatic heterocycles. The number of benzene rings is 1. The van der Waals surface area contributed by atoms with Gasteiger partial charge >= 0.3 is 0 Å². The van der Waals surface area contributed by atoms with Crippen molar-refractivity contribution in [3.8, 4) is 11.5 Å². The van der Waals surface area contributed by atoms with Gasteiger partial charge in [-0.3, -0.25) is 4.79 Å². The molecule has 0 fully saturated rings. The molecule has 0 aliphatic rings. The van der Waals surface area contributed by atoms with Crippen molar-refractivity contribution in [3.05, 3.63) is 23.8 Å². The quantitative estimate of drug-likeness (QED) is 0.677. The second-order valence-electron chi connectivity index (χ2n) is 4.42. The number of nitrogens with zero attached hydrogens (tertiary/aromatic N) is 1. The molecule has 1 amide bonds. The first-order valence-corrected chi connectivity index (χ1v) is 7.06. The van der Waals surface area contributed by atoms with Gasteiger partial charge in [0.15, 0.2) is 0 Å². The SMILES string of the molecule is CCOCCN(CCOCC)C(=O)c1cc(O)cc(O)c1. The van der Waals surface area contributed by atoms with E-state index in [1.54, 1.807) is 4.90 Å². The van der Waals surface area contributed by atoms with Crippen LogP contribution in [0.25, 0.3) is 0 Å². The Bertz CT molecular complexity index is 419. The minimum Gasteiger partial charge on any atom is -0.508 e. The number of phenols is 2. The minimum absolute atomic E-state index is 0.145. The van der Waals surface area contributed by atoms with Crippen molar-refractivity contribution < 1.29 is 24.5 Å². The van der Waals surface area contributed by atoms with Gasteiger partial charge in [0, 0.05) is 37.9 Å². The lowest BCUT2D eigenvalue weighted by atomic mass is 10.1. The van der Waals surface area contributed by atoms with E-state index in [0.717, 1.165) is 0 Å². The molecule has 0 unspecified atom stereocenters. The van der Waals surface area contributed by atoms with Crippen LogP contribution in [0, 0.1) is 0 Å². The molecule has 0 saturated carbocycles. The Morgan fingerprint density at radius 2 is 1.48 bits per heavy atom. The average molecular weight is 297 g/mol. The average Bonchev–Trinajstić information content (AvgIpc) is 2.44. The van der Waals surface area contributed by atoms with Gasteiger partial charge in [-0.15, -0.1) is 0 Å². The van der Waals surface area contributed by atoms with E-state index in [1.165, 1.54) is 18.2 Å². The standard InChI is InChI=1S/C15H23NO5/c1-3-20-7-5-16(6-8-21-4-2)15(19)12-9-13(17)11-14(18)10-12/h9-11,17-18H,3-8H2,1-2H3. The van der Waals surface area contributed by atoms with Crippen molar-refractivity contribution in [2.24, 2.45) is 0 Å². The zero-order chi connectivity index (χ0) is 15.7. The highest BCUT2D eigenvalue weighted by Gasteiger charge is 2.17. The fourth-order valence-electron chi connectivity index (χ4n) is 1.85. The molecule has 1 aromatic carbocycles. The molecule has 0 atom stereocenters. The Morgan fingerprint density at radius 1 is 1.00 bits per heavy atom. The number of hydrogen-bond acceptors (Lipinski definition) is 5. The molecule has 6 heteroatoms. The van der Waals surface area contributed by atoms with E-state index in [1.807, 2.05) is 13.8 Å². The molecule has 6 nitrogen and oxygen atoms in total. The first-order chi connectivity index (χ1) is 10.1. The summed E-state index contributed by atoms with van der Waals surface area (Å²) in [6.45, 7) is 6.66. The molecular weight excluding hydrogens is 274 g/mol. The number of amides is 1. The van der Waals surface area contributed by atoms with Crippen LogP contribution in [0.3, 0.4) is 0 Å². The predicted octanol–water partition coefficient (Wildman–Crippen LogP) is 1.61. The Balaban J connectivity index is 2.76. The van der Waals surface area contributed by atoms with Gasteiger partial charge in [0.05, 0.1) is 13.2 Å². The van der Waals surface area contributed by atoms with Crippen LogP contribution < -0.4 is 0 Å². The lowest BCUT2D eigenvalue weighted by molar-refractivity contribution is 0.0549. The number of ether oxygens (including phenoxy) is 2. The number of carbonyl (C=O) groups is 1. The monoisotopic (exact) mass is 297 g/mol. The molecule has 0 radical (unpaired) electrons. The summed E-state index contributed by atoms with van der Waals surface area (Å²) in [5.74, 6) is -0.568. The molecule has 118 valence electrons. The van der Waals surface area contributed by atoms with Gasteiger partial charge in [0.2, 0.25) is 0 Å². The summed E-state index contributed by atoms with van der Waals surface area (Å²) in [6.07, 6.45) is 0. The molecule has 0 heterocycles. The Morgan fingerprint density at radius 3 is 1.90 bits per heavy atom. The van der Waals surface area contributed by atoms with E-state index < -0.39 is 0 Å². The molecule has 0 bridgehead atoms. The zero-order valence-corrected chi connectivity index (χ0v) is 12.5. The summed E-state index contributed by atoms with van der Waals surface area (Å²) >= 11 is 0. The van der Waals surface area contributed by atoms with Crippen LogP contribution >= 0.6 is 0 Å². The second kappa shape index (κ2) is 9.20. The van der Waals surface area contributed by atoms with E-state index in [2.05, 4.69) is 0 Å². The highest BCUT2D eigenvalue weighted by atomic mass is 16.5. The van der Waals surface area contributed by atoms with Gasteiger partial charge in [-0.2, -0.15) is 0 Å². The van der Waals surface area contributed by atoms with Crippen LogP contribution in [0.15, 0.2) is 18.2 Å². The normalized spacial score (nSPS) is 10.6. The number of aromatic hydroxyl groups is 2. The highest BCUT2D eigenvalue weighted by Crippen LogP contribution is 2.21. The van der Waals surface area contributed by atoms with Crippen LogP contribution in [0.5, 0.6) is 11.5 Å². The van der Waals surface area contributed by atoms with Crippen molar-refractivity contribution in [3.63, 3.8) is 0 Å². The molecule has 0 spiro atoms. The molecule has 2 N–H and O–H groups in total. The smallest absolute Gasteiger partial charge is 0.254 e. The summed E-state index contributed by atoms with van der Waals surface area (Å²) in [7, 11) is 0. The number of phenolic OH excluding ortho intramolecular Hbond substituents is 2. The lowest BCUT2D eigenvalue weighted by Crippen LogP contribution is -2.36. The van der Waals surface area contributed by atoms with Gasteiger partial charge in [-0.1, -0.05) is 0 Å². The highest BCUT2D eigenvalue weighted by molar-refractivity contribution is 5.95. The maximum atomic E-state index is 12.4. The molecule has 0 aromatic heterocycles. The Kier molecular flexibility index (Phi) is 7.56.